The summed E-state index contributed by atoms with van der Waals surface area (Å²) >= 11 is 0. The van der Waals surface area contributed by atoms with E-state index in [0.29, 0.717) is 29.7 Å². The fourth-order valence-electron chi connectivity index (χ4n) is 2.59. The van der Waals surface area contributed by atoms with Crippen molar-refractivity contribution in [2.45, 2.75) is 20.8 Å². The molecule has 0 heterocycles. The fraction of sp³-hybridized carbons (Fsp3) is 0.333. The lowest BCUT2D eigenvalue weighted by atomic mass is 10.2. The summed E-state index contributed by atoms with van der Waals surface area (Å²) in [6.45, 7) is 6.69. The molecule has 0 unspecified atom stereocenters. The van der Waals surface area contributed by atoms with Crippen LogP contribution in [0.2, 0.25) is 0 Å². The molecule has 0 spiro atoms. The van der Waals surface area contributed by atoms with Gasteiger partial charge in [0.1, 0.15) is 0 Å². The molecule has 160 valence electrons. The van der Waals surface area contributed by atoms with Gasteiger partial charge >= 0.3 is 0 Å². The molecule has 2 aromatic carbocycles. The Bertz CT molecular complexity index is 889. The molecule has 2 aromatic rings. The molecular formula is C24H30N2O4. The van der Waals surface area contributed by atoms with Crippen LogP contribution in [0.5, 0.6) is 11.5 Å². The van der Waals surface area contributed by atoms with Crippen LogP contribution in [0, 0.1) is 12.8 Å². The average Bonchev–Trinajstić information content (AvgIpc) is 2.72. The number of benzene rings is 2. The Hall–Kier alpha value is -3.28. The van der Waals surface area contributed by atoms with Crippen LogP contribution in [-0.2, 0) is 9.59 Å². The minimum Gasteiger partial charge on any atom is -0.493 e. The van der Waals surface area contributed by atoms with Crippen molar-refractivity contribution >= 4 is 23.6 Å². The molecule has 0 saturated carbocycles. The van der Waals surface area contributed by atoms with Gasteiger partial charge < -0.3 is 19.7 Å². The Labute approximate surface area is 178 Å². The minimum absolute atomic E-state index is 0.0393. The first-order valence-electron chi connectivity index (χ1n) is 9.89. The maximum Gasteiger partial charge on any atom is 0.246 e. The Morgan fingerprint density at radius 2 is 1.80 bits per heavy atom. The van der Waals surface area contributed by atoms with E-state index >= 15 is 0 Å². The van der Waals surface area contributed by atoms with Crippen molar-refractivity contribution in [2.75, 3.05) is 32.6 Å². The molecule has 0 radical (unpaired) electrons. The van der Waals surface area contributed by atoms with E-state index in [0.717, 1.165) is 11.1 Å². The van der Waals surface area contributed by atoms with Crippen molar-refractivity contribution in [1.29, 1.82) is 0 Å². The average molecular weight is 411 g/mol. The number of anilines is 1. The Kier molecular flexibility index (Phi) is 8.47. The molecule has 0 aromatic heterocycles. The van der Waals surface area contributed by atoms with Crippen LogP contribution >= 0.6 is 0 Å². The topological polar surface area (TPSA) is 67.9 Å². The second kappa shape index (κ2) is 11.0. The predicted octanol–water partition coefficient (Wildman–Crippen LogP) is 4.15. The maximum absolute atomic E-state index is 12.4. The molecule has 2 rings (SSSR count). The van der Waals surface area contributed by atoms with Gasteiger partial charge in [0, 0.05) is 18.8 Å². The number of methoxy groups -OCH3 is 1. The number of rotatable bonds is 9. The molecule has 0 atom stereocenters. The highest BCUT2D eigenvalue weighted by atomic mass is 16.5. The monoisotopic (exact) mass is 410 g/mol. The zero-order valence-corrected chi connectivity index (χ0v) is 18.3. The van der Waals surface area contributed by atoms with Crippen LogP contribution < -0.4 is 14.8 Å². The Balaban J connectivity index is 1.93. The summed E-state index contributed by atoms with van der Waals surface area (Å²) in [7, 11) is 3.17. The quantitative estimate of drug-likeness (QED) is 0.631. The van der Waals surface area contributed by atoms with E-state index in [1.54, 1.807) is 20.2 Å². The Morgan fingerprint density at radius 1 is 1.10 bits per heavy atom. The molecule has 0 saturated heterocycles. The summed E-state index contributed by atoms with van der Waals surface area (Å²) in [6, 6.07) is 13.0. The minimum atomic E-state index is -0.270. The highest BCUT2D eigenvalue weighted by Crippen LogP contribution is 2.29. The van der Waals surface area contributed by atoms with E-state index in [1.165, 1.54) is 11.0 Å². The zero-order chi connectivity index (χ0) is 22.1. The lowest BCUT2D eigenvalue weighted by Gasteiger charge is -2.15. The Morgan fingerprint density at radius 3 is 2.43 bits per heavy atom. The van der Waals surface area contributed by atoms with Crippen LogP contribution in [-0.4, -0.2) is 44.0 Å². The number of nitrogens with one attached hydrogen (secondary N) is 1. The number of hydrogen-bond donors (Lipinski definition) is 1. The highest BCUT2D eigenvalue weighted by molar-refractivity contribution is 5.97. The predicted molar refractivity (Wildman–Crippen MR) is 120 cm³/mol. The van der Waals surface area contributed by atoms with Crippen molar-refractivity contribution in [3.05, 3.63) is 59.7 Å². The van der Waals surface area contributed by atoms with Gasteiger partial charge in [0.05, 0.1) is 20.3 Å². The van der Waals surface area contributed by atoms with Gasteiger partial charge in [-0.1, -0.05) is 37.6 Å². The number of ether oxygens (including phenoxy) is 2. The molecule has 0 aliphatic rings. The van der Waals surface area contributed by atoms with E-state index in [9.17, 15) is 9.59 Å². The van der Waals surface area contributed by atoms with Crippen LogP contribution in [0.4, 0.5) is 5.69 Å². The molecule has 6 nitrogen and oxygen atoms in total. The SMILES string of the molecule is COc1cc(/C=C/C(=O)N(C)CC(=O)Nc2ccc(C)cc2)ccc1OCC(C)C. The lowest BCUT2D eigenvalue weighted by Crippen LogP contribution is -2.33. The standard InChI is InChI=1S/C24H30N2O4/c1-17(2)16-30-21-12-8-19(14-22(21)29-5)9-13-24(28)26(4)15-23(27)25-20-10-6-18(3)7-11-20/h6-14,17H,15-16H2,1-5H3,(H,25,27)/b13-9+. The number of amides is 2. The molecule has 30 heavy (non-hydrogen) atoms. The van der Waals surface area contributed by atoms with Crippen LogP contribution in [0.3, 0.4) is 0 Å². The first-order valence-corrected chi connectivity index (χ1v) is 9.89. The second-order valence-electron chi connectivity index (χ2n) is 7.56. The summed E-state index contributed by atoms with van der Waals surface area (Å²) in [5, 5.41) is 2.78. The van der Waals surface area contributed by atoms with Crippen LogP contribution in [0.25, 0.3) is 6.08 Å². The third kappa shape index (κ3) is 7.28. The lowest BCUT2D eigenvalue weighted by molar-refractivity contribution is -0.129. The molecule has 0 fully saturated rings. The van der Waals surface area contributed by atoms with Crippen LogP contribution in [0.1, 0.15) is 25.0 Å². The van der Waals surface area contributed by atoms with Gasteiger partial charge in [0.2, 0.25) is 11.8 Å². The van der Waals surface area contributed by atoms with Crippen molar-refractivity contribution in [1.82, 2.24) is 4.90 Å². The molecule has 1 N–H and O–H groups in total. The van der Waals surface area contributed by atoms with Crippen molar-refractivity contribution in [3.8, 4) is 11.5 Å². The van der Waals surface area contributed by atoms with Gasteiger partial charge in [-0.2, -0.15) is 0 Å². The number of hydrogen-bond acceptors (Lipinski definition) is 4. The van der Waals surface area contributed by atoms with E-state index in [1.807, 2.05) is 49.4 Å². The molecular weight excluding hydrogens is 380 g/mol. The number of likely N-dealkylation sites (N-methyl/N-ethyl adjacent to an activating group) is 1. The zero-order valence-electron chi connectivity index (χ0n) is 18.3. The number of carbonyl (C=O) groups excluding carboxylic acids is 2. The fourth-order valence-corrected chi connectivity index (χ4v) is 2.59. The number of nitrogens with zero attached hydrogens (tertiary/aromatic N) is 1. The summed E-state index contributed by atoms with van der Waals surface area (Å²) in [5.41, 5.74) is 2.62. The molecule has 0 aliphatic heterocycles. The smallest absolute Gasteiger partial charge is 0.246 e. The normalized spacial score (nSPS) is 10.9. The number of aryl methyl sites for hydroxylation is 1. The summed E-state index contributed by atoms with van der Waals surface area (Å²) in [5.74, 6) is 1.16. The third-order valence-electron chi connectivity index (χ3n) is 4.27. The summed E-state index contributed by atoms with van der Waals surface area (Å²) in [4.78, 5) is 25.9. The third-order valence-corrected chi connectivity index (χ3v) is 4.27. The van der Waals surface area contributed by atoms with E-state index < -0.39 is 0 Å². The first kappa shape index (κ1) is 23.0. The largest absolute Gasteiger partial charge is 0.493 e. The summed E-state index contributed by atoms with van der Waals surface area (Å²) in [6.07, 6.45) is 3.12. The van der Waals surface area contributed by atoms with Gasteiger partial charge in [-0.15, -0.1) is 0 Å². The maximum atomic E-state index is 12.4. The van der Waals surface area contributed by atoms with Crippen LogP contribution in [0.15, 0.2) is 48.5 Å². The van der Waals surface area contributed by atoms with Crippen molar-refractivity contribution < 1.29 is 19.1 Å². The molecule has 0 bridgehead atoms. The first-order chi connectivity index (χ1) is 14.3. The van der Waals surface area contributed by atoms with E-state index in [2.05, 4.69) is 19.2 Å². The molecule has 2 amide bonds. The summed E-state index contributed by atoms with van der Waals surface area (Å²) < 4.78 is 11.1. The van der Waals surface area contributed by atoms with Crippen molar-refractivity contribution in [3.63, 3.8) is 0 Å². The van der Waals surface area contributed by atoms with Gasteiger partial charge in [0.25, 0.3) is 0 Å². The van der Waals surface area contributed by atoms with Crippen molar-refractivity contribution in [2.24, 2.45) is 5.92 Å². The van der Waals surface area contributed by atoms with Gasteiger partial charge in [0.15, 0.2) is 11.5 Å². The van der Waals surface area contributed by atoms with Gasteiger partial charge in [-0.3, -0.25) is 9.59 Å². The van der Waals surface area contributed by atoms with Gasteiger partial charge in [-0.05, 0) is 48.7 Å². The highest BCUT2D eigenvalue weighted by Gasteiger charge is 2.11. The van der Waals surface area contributed by atoms with Gasteiger partial charge in [-0.25, -0.2) is 0 Å². The molecule has 0 aliphatic carbocycles. The molecule has 6 heteroatoms. The van der Waals surface area contributed by atoms with E-state index in [4.69, 9.17) is 9.47 Å². The number of carbonyl (C=O) groups is 2. The second-order valence-corrected chi connectivity index (χ2v) is 7.56. The van der Waals surface area contributed by atoms with E-state index in [-0.39, 0.29) is 18.4 Å².